The van der Waals surface area contributed by atoms with E-state index in [0.717, 1.165) is 24.8 Å². The van der Waals surface area contributed by atoms with Crippen molar-refractivity contribution in [3.05, 3.63) is 35.4 Å². The summed E-state index contributed by atoms with van der Waals surface area (Å²) >= 11 is 0. The molecular formula is C15H19NO3. The Labute approximate surface area is 113 Å². The monoisotopic (exact) mass is 261 g/mol. The Morgan fingerprint density at radius 1 is 1.37 bits per heavy atom. The highest BCUT2D eigenvalue weighted by molar-refractivity contribution is 5.87. The van der Waals surface area contributed by atoms with Crippen LogP contribution in [0.5, 0.6) is 0 Å². The van der Waals surface area contributed by atoms with Gasteiger partial charge in [0.05, 0.1) is 13.0 Å². The number of rotatable bonds is 3. The fraction of sp³-hybridized carbons (Fsp3) is 0.467. The van der Waals surface area contributed by atoms with Crippen LogP contribution in [0.25, 0.3) is 0 Å². The highest BCUT2D eigenvalue weighted by atomic mass is 16.5. The number of amides is 1. The summed E-state index contributed by atoms with van der Waals surface area (Å²) in [6.07, 6.45) is 2.89. The topological polar surface area (TPSA) is 46.6 Å². The van der Waals surface area contributed by atoms with Gasteiger partial charge in [0.1, 0.15) is 6.54 Å². The Hall–Kier alpha value is -1.84. The van der Waals surface area contributed by atoms with Crippen LogP contribution in [0.1, 0.15) is 29.9 Å². The van der Waals surface area contributed by atoms with E-state index in [2.05, 4.69) is 10.8 Å². The molecule has 102 valence electrons. The van der Waals surface area contributed by atoms with Gasteiger partial charge in [-0.25, -0.2) is 0 Å². The van der Waals surface area contributed by atoms with E-state index in [9.17, 15) is 9.59 Å². The number of hydrogen-bond donors (Lipinski definition) is 0. The maximum absolute atomic E-state index is 12.4. The van der Waals surface area contributed by atoms with E-state index in [4.69, 9.17) is 0 Å². The number of benzene rings is 1. The zero-order chi connectivity index (χ0) is 13.8. The van der Waals surface area contributed by atoms with Gasteiger partial charge in [0.2, 0.25) is 5.91 Å². The van der Waals surface area contributed by atoms with Crippen LogP contribution >= 0.6 is 0 Å². The van der Waals surface area contributed by atoms with Crippen LogP contribution < -0.4 is 0 Å². The van der Waals surface area contributed by atoms with Crippen molar-refractivity contribution < 1.29 is 14.3 Å². The van der Waals surface area contributed by atoms with Crippen molar-refractivity contribution in [2.24, 2.45) is 0 Å². The van der Waals surface area contributed by atoms with Crippen LogP contribution in [0.15, 0.2) is 24.3 Å². The summed E-state index contributed by atoms with van der Waals surface area (Å²) in [6, 6.07) is 8.06. The number of nitrogens with zero attached hydrogens (tertiary/aromatic N) is 1. The lowest BCUT2D eigenvalue weighted by atomic mass is 9.82. The smallest absolute Gasteiger partial charge is 0.325 e. The van der Waals surface area contributed by atoms with Gasteiger partial charge in [0, 0.05) is 7.05 Å². The van der Waals surface area contributed by atoms with E-state index in [-0.39, 0.29) is 24.3 Å². The molecule has 4 heteroatoms. The quantitative estimate of drug-likeness (QED) is 0.779. The third-order valence-electron chi connectivity index (χ3n) is 3.64. The van der Waals surface area contributed by atoms with Crippen LogP contribution in [0.2, 0.25) is 0 Å². The molecule has 0 saturated heterocycles. The maximum atomic E-state index is 12.4. The molecule has 0 heterocycles. The summed E-state index contributed by atoms with van der Waals surface area (Å²) in [5.74, 6) is -0.517. The Bertz CT molecular complexity index is 484. The highest BCUT2D eigenvalue weighted by Crippen LogP contribution is 2.32. The first-order valence-corrected chi connectivity index (χ1v) is 6.53. The highest BCUT2D eigenvalue weighted by Gasteiger charge is 2.29. The lowest BCUT2D eigenvalue weighted by molar-refractivity contribution is -0.146. The van der Waals surface area contributed by atoms with Crippen LogP contribution in [0.4, 0.5) is 0 Å². The van der Waals surface area contributed by atoms with Crippen molar-refractivity contribution in [1.82, 2.24) is 4.90 Å². The van der Waals surface area contributed by atoms with E-state index in [1.165, 1.54) is 17.6 Å². The molecule has 0 bridgehead atoms. The van der Waals surface area contributed by atoms with Gasteiger partial charge in [-0.3, -0.25) is 9.59 Å². The molecule has 0 aromatic heterocycles. The van der Waals surface area contributed by atoms with Crippen molar-refractivity contribution in [3.8, 4) is 0 Å². The number of methoxy groups -OCH3 is 1. The van der Waals surface area contributed by atoms with Gasteiger partial charge in [-0.2, -0.15) is 0 Å². The molecule has 1 aromatic rings. The first-order chi connectivity index (χ1) is 9.13. The average Bonchev–Trinajstić information content (AvgIpc) is 2.45. The molecule has 2 rings (SSSR count). The van der Waals surface area contributed by atoms with E-state index in [0.29, 0.717) is 0 Å². The normalized spacial score (nSPS) is 17.5. The lowest BCUT2D eigenvalue weighted by Crippen LogP contribution is -2.37. The van der Waals surface area contributed by atoms with Crippen LogP contribution in [-0.4, -0.2) is 37.5 Å². The SMILES string of the molecule is COC(=O)CN(C)C(=O)C1CCCc2ccccc21. The predicted molar refractivity (Wildman–Crippen MR) is 71.8 cm³/mol. The minimum Gasteiger partial charge on any atom is -0.468 e. The van der Waals surface area contributed by atoms with E-state index in [1.807, 2.05) is 18.2 Å². The van der Waals surface area contributed by atoms with Crippen LogP contribution in [-0.2, 0) is 20.7 Å². The van der Waals surface area contributed by atoms with Crippen molar-refractivity contribution in [2.45, 2.75) is 25.2 Å². The molecule has 0 aliphatic heterocycles. The second-order valence-electron chi connectivity index (χ2n) is 4.91. The largest absolute Gasteiger partial charge is 0.468 e. The third-order valence-corrected chi connectivity index (χ3v) is 3.64. The summed E-state index contributed by atoms with van der Waals surface area (Å²) in [5.41, 5.74) is 2.36. The Morgan fingerprint density at radius 2 is 2.11 bits per heavy atom. The fourth-order valence-corrected chi connectivity index (χ4v) is 2.61. The van der Waals surface area contributed by atoms with Gasteiger partial charge in [0.15, 0.2) is 0 Å². The molecule has 0 N–H and O–H groups in total. The molecule has 0 radical (unpaired) electrons. The number of aryl methyl sites for hydroxylation is 1. The van der Waals surface area contributed by atoms with Crippen molar-refractivity contribution in [3.63, 3.8) is 0 Å². The number of fused-ring (bicyclic) bond motifs is 1. The fourth-order valence-electron chi connectivity index (χ4n) is 2.61. The van der Waals surface area contributed by atoms with Crippen LogP contribution in [0.3, 0.4) is 0 Å². The average molecular weight is 261 g/mol. The Balaban J connectivity index is 2.14. The molecule has 4 nitrogen and oxygen atoms in total. The van der Waals surface area contributed by atoms with Crippen molar-refractivity contribution >= 4 is 11.9 Å². The van der Waals surface area contributed by atoms with Gasteiger partial charge < -0.3 is 9.64 Å². The van der Waals surface area contributed by atoms with Gasteiger partial charge in [-0.05, 0) is 30.4 Å². The molecular weight excluding hydrogens is 242 g/mol. The number of hydrogen-bond acceptors (Lipinski definition) is 3. The maximum Gasteiger partial charge on any atom is 0.325 e. The molecule has 1 atom stereocenters. The first-order valence-electron chi connectivity index (χ1n) is 6.53. The second kappa shape index (κ2) is 5.87. The van der Waals surface area contributed by atoms with Gasteiger partial charge in [-0.15, -0.1) is 0 Å². The summed E-state index contributed by atoms with van der Waals surface area (Å²) in [4.78, 5) is 25.1. The van der Waals surface area contributed by atoms with Crippen molar-refractivity contribution in [1.29, 1.82) is 0 Å². The molecule has 0 saturated carbocycles. The molecule has 19 heavy (non-hydrogen) atoms. The summed E-state index contributed by atoms with van der Waals surface area (Å²) in [5, 5.41) is 0. The molecule has 1 aliphatic rings. The van der Waals surface area contributed by atoms with E-state index >= 15 is 0 Å². The number of esters is 1. The number of ether oxygens (including phenoxy) is 1. The molecule has 1 unspecified atom stereocenters. The molecule has 1 aliphatic carbocycles. The minimum absolute atomic E-state index is 0.00227. The van der Waals surface area contributed by atoms with Crippen molar-refractivity contribution in [2.75, 3.05) is 20.7 Å². The first kappa shape index (κ1) is 13.6. The molecule has 1 amide bonds. The molecule has 0 spiro atoms. The Kier molecular flexibility index (Phi) is 4.20. The number of likely N-dealkylation sites (N-methyl/N-ethyl adjacent to an activating group) is 1. The van der Waals surface area contributed by atoms with E-state index < -0.39 is 0 Å². The summed E-state index contributed by atoms with van der Waals surface area (Å²) in [7, 11) is 2.98. The molecule has 1 aromatic carbocycles. The zero-order valence-electron chi connectivity index (χ0n) is 11.4. The third kappa shape index (κ3) is 2.95. The van der Waals surface area contributed by atoms with E-state index in [1.54, 1.807) is 7.05 Å². The van der Waals surface area contributed by atoms with Crippen LogP contribution in [0, 0.1) is 0 Å². The minimum atomic E-state index is -0.389. The predicted octanol–water partition coefficient (Wildman–Crippen LogP) is 1.74. The van der Waals surface area contributed by atoms with Gasteiger partial charge in [-0.1, -0.05) is 24.3 Å². The summed E-state index contributed by atoms with van der Waals surface area (Å²) in [6.45, 7) is 0.00794. The second-order valence-corrected chi connectivity index (χ2v) is 4.91. The van der Waals surface area contributed by atoms with Gasteiger partial charge in [0.25, 0.3) is 0 Å². The van der Waals surface area contributed by atoms with Gasteiger partial charge >= 0.3 is 5.97 Å². The number of carbonyl (C=O) groups excluding carboxylic acids is 2. The zero-order valence-corrected chi connectivity index (χ0v) is 11.4. The summed E-state index contributed by atoms with van der Waals surface area (Å²) < 4.78 is 4.60. The lowest BCUT2D eigenvalue weighted by Gasteiger charge is -2.28. The molecule has 0 fully saturated rings. The Morgan fingerprint density at radius 3 is 2.84 bits per heavy atom. The standard InChI is InChI=1S/C15H19NO3/c1-16(10-14(17)19-2)15(18)13-9-5-7-11-6-3-4-8-12(11)13/h3-4,6,8,13H,5,7,9-10H2,1-2H3. The number of carbonyl (C=O) groups is 2.